The van der Waals surface area contributed by atoms with Crippen molar-refractivity contribution in [1.29, 1.82) is 0 Å². The van der Waals surface area contributed by atoms with Gasteiger partial charge < -0.3 is 10.2 Å². The molecule has 0 aromatic rings. The standard InChI is InChI=1S/C16H35N3/c1-7-16(6,12-17-14(2)3)13-18-8-10-19(11-9-18)15(4)5/h14-15,17H,7-13H2,1-6H3. The highest BCUT2D eigenvalue weighted by Crippen LogP contribution is 2.23. The summed E-state index contributed by atoms with van der Waals surface area (Å²) in [6.07, 6.45) is 1.25. The predicted molar refractivity (Wildman–Crippen MR) is 84.7 cm³/mol. The maximum atomic E-state index is 3.62. The molecule has 1 atom stereocenters. The number of hydrogen-bond donors (Lipinski definition) is 1. The molecule has 3 nitrogen and oxygen atoms in total. The van der Waals surface area contributed by atoms with Gasteiger partial charge in [0, 0.05) is 51.4 Å². The number of hydrogen-bond acceptors (Lipinski definition) is 3. The Morgan fingerprint density at radius 3 is 2.05 bits per heavy atom. The van der Waals surface area contributed by atoms with E-state index in [1.165, 1.54) is 39.1 Å². The summed E-state index contributed by atoms with van der Waals surface area (Å²) in [5.41, 5.74) is 0.407. The highest BCUT2D eigenvalue weighted by Gasteiger charge is 2.27. The molecular weight excluding hydrogens is 234 g/mol. The normalized spacial score (nSPS) is 22.1. The zero-order valence-electron chi connectivity index (χ0n) is 14.0. The smallest absolute Gasteiger partial charge is 0.0113 e. The minimum Gasteiger partial charge on any atom is -0.314 e. The molecule has 1 unspecified atom stereocenters. The van der Waals surface area contributed by atoms with E-state index >= 15 is 0 Å². The molecule has 1 N–H and O–H groups in total. The van der Waals surface area contributed by atoms with Crippen LogP contribution in [-0.4, -0.2) is 61.2 Å². The van der Waals surface area contributed by atoms with Crippen LogP contribution in [-0.2, 0) is 0 Å². The largest absolute Gasteiger partial charge is 0.314 e. The SMILES string of the molecule is CCC(C)(CNC(C)C)CN1CCN(C(C)C)CC1. The van der Waals surface area contributed by atoms with Crippen LogP contribution in [0.25, 0.3) is 0 Å². The fraction of sp³-hybridized carbons (Fsp3) is 1.00. The van der Waals surface area contributed by atoms with E-state index in [4.69, 9.17) is 0 Å². The highest BCUT2D eigenvalue weighted by atomic mass is 15.3. The van der Waals surface area contributed by atoms with Crippen LogP contribution in [0.3, 0.4) is 0 Å². The van der Waals surface area contributed by atoms with Gasteiger partial charge in [-0.2, -0.15) is 0 Å². The van der Waals surface area contributed by atoms with Gasteiger partial charge in [-0.1, -0.05) is 27.7 Å². The molecule has 0 amide bonds. The second kappa shape index (κ2) is 7.61. The molecule has 0 aromatic carbocycles. The third-order valence-corrected chi connectivity index (χ3v) is 4.53. The third kappa shape index (κ3) is 5.80. The predicted octanol–water partition coefficient (Wildman–Crippen LogP) is 2.43. The lowest BCUT2D eigenvalue weighted by molar-refractivity contribution is 0.0730. The first-order valence-corrected chi connectivity index (χ1v) is 8.06. The molecular formula is C16H35N3. The Morgan fingerprint density at radius 2 is 1.63 bits per heavy atom. The second-order valence-corrected chi connectivity index (χ2v) is 7.11. The average molecular weight is 269 g/mol. The minimum atomic E-state index is 0.407. The Balaban J connectivity index is 2.40. The fourth-order valence-corrected chi connectivity index (χ4v) is 2.72. The summed E-state index contributed by atoms with van der Waals surface area (Å²) < 4.78 is 0. The van der Waals surface area contributed by atoms with Gasteiger partial charge in [-0.3, -0.25) is 4.90 Å². The maximum absolute atomic E-state index is 3.62. The zero-order valence-corrected chi connectivity index (χ0v) is 14.0. The summed E-state index contributed by atoms with van der Waals surface area (Å²) in [5.74, 6) is 0. The summed E-state index contributed by atoms with van der Waals surface area (Å²) in [4.78, 5) is 5.25. The van der Waals surface area contributed by atoms with Crippen molar-refractivity contribution in [3.05, 3.63) is 0 Å². The molecule has 1 heterocycles. The summed E-state index contributed by atoms with van der Waals surface area (Å²) >= 11 is 0. The van der Waals surface area contributed by atoms with Gasteiger partial charge in [0.2, 0.25) is 0 Å². The van der Waals surface area contributed by atoms with Crippen molar-refractivity contribution in [2.75, 3.05) is 39.3 Å². The van der Waals surface area contributed by atoms with Gasteiger partial charge >= 0.3 is 0 Å². The molecule has 1 rings (SSSR count). The lowest BCUT2D eigenvalue weighted by atomic mass is 9.86. The monoisotopic (exact) mass is 269 g/mol. The Morgan fingerprint density at radius 1 is 1.05 bits per heavy atom. The Bertz CT molecular complexity index is 244. The van der Waals surface area contributed by atoms with Gasteiger partial charge in [-0.25, -0.2) is 0 Å². The van der Waals surface area contributed by atoms with E-state index in [1.807, 2.05) is 0 Å². The van der Waals surface area contributed by atoms with E-state index < -0.39 is 0 Å². The van der Waals surface area contributed by atoms with Gasteiger partial charge in [0.25, 0.3) is 0 Å². The first kappa shape index (κ1) is 16.9. The lowest BCUT2D eigenvalue weighted by Crippen LogP contribution is -2.52. The highest BCUT2D eigenvalue weighted by molar-refractivity contribution is 4.83. The van der Waals surface area contributed by atoms with Crippen molar-refractivity contribution >= 4 is 0 Å². The van der Waals surface area contributed by atoms with Crippen LogP contribution < -0.4 is 5.32 Å². The van der Waals surface area contributed by atoms with Gasteiger partial charge in [-0.15, -0.1) is 0 Å². The van der Waals surface area contributed by atoms with E-state index in [-0.39, 0.29) is 0 Å². The van der Waals surface area contributed by atoms with Gasteiger partial charge in [0.1, 0.15) is 0 Å². The molecule has 3 heteroatoms. The first-order valence-electron chi connectivity index (χ1n) is 8.06. The van der Waals surface area contributed by atoms with Gasteiger partial charge in [0.05, 0.1) is 0 Å². The van der Waals surface area contributed by atoms with Crippen LogP contribution in [0.2, 0.25) is 0 Å². The molecule has 114 valence electrons. The van der Waals surface area contributed by atoms with E-state index in [1.54, 1.807) is 0 Å². The fourth-order valence-electron chi connectivity index (χ4n) is 2.72. The molecule has 0 bridgehead atoms. The molecule has 0 saturated carbocycles. The van der Waals surface area contributed by atoms with E-state index in [0.717, 1.165) is 6.54 Å². The zero-order chi connectivity index (χ0) is 14.5. The molecule has 0 aliphatic carbocycles. The third-order valence-electron chi connectivity index (χ3n) is 4.53. The maximum Gasteiger partial charge on any atom is 0.0113 e. The van der Waals surface area contributed by atoms with Crippen LogP contribution in [0.15, 0.2) is 0 Å². The molecule has 1 saturated heterocycles. The van der Waals surface area contributed by atoms with Crippen LogP contribution in [0.4, 0.5) is 0 Å². The summed E-state index contributed by atoms with van der Waals surface area (Å²) in [6.45, 7) is 21.1. The van der Waals surface area contributed by atoms with Crippen molar-refractivity contribution in [1.82, 2.24) is 15.1 Å². The summed E-state index contributed by atoms with van der Waals surface area (Å²) in [6, 6.07) is 1.28. The molecule has 0 aromatic heterocycles. The minimum absolute atomic E-state index is 0.407. The van der Waals surface area contributed by atoms with Crippen LogP contribution in [0, 0.1) is 5.41 Å². The molecule has 1 fully saturated rings. The Hall–Kier alpha value is -0.120. The Labute approximate surface area is 120 Å². The van der Waals surface area contributed by atoms with Crippen LogP contribution >= 0.6 is 0 Å². The molecule has 1 aliphatic rings. The van der Waals surface area contributed by atoms with Gasteiger partial charge in [0.15, 0.2) is 0 Å². The van der Waals surface area contributed by atoms with Crippen LogP contribution in [0.1, 0.15) is 48.0 Å². The van der Waals surface area contributed by atoms with Crippen molar-refractivity contribution in [3.8, 4) is 0 Å². The van der Waals surface area contributed by atoms with Gasteiger partial charge in [-0.05, 0) is 25.7 Å². The summed E-state index contributed by atoms with van der Waals surface area (Å²) in [5, 5.41) is 3.62. The summed E-state index contributed by atoms with van der Waals surface area (Å²) in [7, 11) is 0. The lowest BCUT2D eigenvalue weighted by Gasteiger charge is -2.41. The Kier molecular flexibility index (Phi) is 6.78. The number of nitrogens with zero attached hydrogens (tertiary/aromatic N) is 2. The quantitative estimate of drug-likeness (QED) is 0.766. The van der Waals surface area contributed by atoms with E-state index in [9.17, 15) is 0 Å². The van der Waals surface area contributed by atoms with Crippen LogP contribution in [0.5, 0.6) is 0 Å². The van der Waals surface area contributed by atoms with Crippen molar-refractivity contribution < 1.29 is 0 Å². The number of rotatable bonds is 7. The number of piperazine rings is 1. The van der Waals surface area contributed by atoms with Crippen molar-refractivity contribution in [2.24, 2.45) is 5.41 Å². The van der Waals surface area contributed by atoms with Crippen molar-refractivity contribution in [2.45, 2.75) is 60.0 Å². The van der Waals surface area contributed by atoms with E-state index in [2.05, 4.69) is 56.7 Å². The molecule has 0 radical (unpaired) electrons. The van der Waals surface area contributed by atoms with E-state index in [0.29, 0.717) is 17.5 Å². The van der Waals surface area contributed by atoms with Crippen molar-refractivity contribution in [3.63, 3.8) is 0 Å². The number of nitrogens with one attached hydrogen (secondary N) is 1. The molecule has 19 heavy (non-hydrogen) atoms. The topological polar surface area (TPSA) is 18.5 Å². The first-order chi connectivity index (χ1) is 8.86. The molecule has 1 aliphatic heterocycles. The second-order valence-electron chi connectivity index (χ2n) is 7.11. The molecule has 0 spiro atoms. The average Bonchev–Trinajstić information content (AvgIpc) is 2.37.